The van der Waals surface area contributed by atoms with Crippen LogP contribution in [0.1, 0.15) is 17.2 Å². The van der Waals surface area contributed by atoms with Crippen LogP contribution < -0.4 is 5.73 Å². The van der Waals surface area contributed by atoms with Crippen molar-refractivity contribution in [1.29, 1.82) is 0 Å². The van der Waals surface area contributed by atoms with Gasteiger partial charge in [-0.05, 0) is 40.5 Å². The molecule has 0 aromatic heterocycles. The zero-order chi connectivity index (χ0) is 14.0. The Morgan fingerprint density at radius 2 is 1.58 bits per heavy atom. The zero-order valence-corrected chi connectivity index (χ0v) is 11.4. The maximum atomic E-state index is 13.8. The van der Waals surface area contributed by atoms with Gasteiger partial charge in [-0.1, -0.05) is 18.2 Å². The summed E-state index contributed by atoms with van der Waals surface area (Å²) in [5.41, 5.74) is 5.93. The summed E-state index contributed by atoms with van der Waals surface area (Å²) in [4.78, 5) is 0. The van der Waals surface area contributed by atoms with E-state index in [1.807, 2.05) is 0 Å². The molecule has 0 heterocycles. The predicted molar refractivity (Wildman–Crippen MR) is 71.1 cm³/mol. The van der Waals surface area contributed by atoms with E-state index in [0.29, 0.717) is 0 Å². The van der Waals surface area contributed by atoms with Gasteiger partial charge in [-0.15, -0.1) is 0 Å². The van der Waals surface area contributed by atoms with E-state index in [-0.39, 0.29) is 22.0 Å². The summed E-state index contributed by atoms with van der Waals surface area (Å²) in [6.45, 7) is 0. The van der Waals surface area contributed by atoms with Gasteiger partial charge in [-0.2, -0.15) is 0 Å². The normalized spacial score (nSPS) is 12.5. The van der Waals surface area contributed by atoms with Crippen molar-refractivity contribution in [2.24, 2.45) is 5.73 Å². The van der Waals surface area contributed by atoms with E-state index in [4.69, 9.17) is 5.73 Å². The first-order valence-corrected chi connectivity index (χ1v) is 6.42. The van der Waals surface area contributed by atoms with Gasteiger partial charge in [0.1, 0.15) is 17.5 Å². The molecule has 2 aromatic carbocycles. The lowest BCUT2D eigenvalue weighted by molar-refractivity contribution is 0.527. The van der Waals surface area contributed by atoms with Gasteiger partial charge in [0.15, 0.2) is 0 Å². The largest absolute Gasteiger partial charge is 0.324 e. The van der Waals surface area contributed by atoms with E-state index in [9.17, 15) is 13.2 Å². The highest BCUT2D eigenvalue weighted by atomic mass is 79.9. The standard InChI is InChI=1S/C14H11BrF3N/c15-10-4-1-3-8(14(10)18)13(19)7-9-11(16)5-2-6-12(9)17/h1-6,13H,7,19H2. The summed E-state index contributed by atoms with van der Waals surface area (Å²) in [6, 6.07) is 7.44. The molecule has 0 fully saturated rings. The topological polar surface area (TPSA) is 26.0 Å². The van der Waals surface area contributed by atoms with E-state index in [1.165, 1.54) is 18.2 Å². The lowest BCUT2D eigenvalue weighted by Gasteiger charge is -2.14. The molecule has 2 N–H and O–H groups in total. The first-order chi connectivity index (χ1) is 9.00. The number of nitrogens with two attached hydrogens (primary N) is 1. The lowest BCUT2D eigenvalue weighted by atomic mass is 9.98. The molecule has 1 atom stereocenters. The molecule has 0 spiro atoms. The van der Waals surface area contributed by atoms with Crippen LogP contribution >= 0.6 is 15.9 Å². The van der Waals surface area contributed by atoms with E-state index < -0.39 is 23.5 Å². The van der Waals surface area contributed by atoms with E-state index in [1.54, 1.807) is 6.07 Å². The Bertz CT molecular complexity index is 581. The second-order valence-electron chi connectivity index (χ2n) is 4.15. The molecule has 0 aliphatic carbocycles. The van der Waals surface area contributed by atoms with Gasteiger partial charge >= 0.3 is 0 Å². The molecule has 19 heavy (non-hydrogen) atoms. The van der Waals surface area contributed by atoms with Crippen LogP contribution in [0.15, 0.2) is 40.9 Å². The molecule has 5 heteroatoms. The van der Waals surface area contributed by atoms with Gasteiger partial charge in [0, 0.05) is 17.2 Å². The third-order valence-electron chi connectivity index (χ3n) is 2.87. The van der Waals surface area contributed by atoms with Crippen molar-refractivity contribution in [3.63, 3.8) is 0 Å². The van der Waals surface area contributed by atoms with Crippen LogP contribution in [0.5, 0.6) is 0 Å². The first-order valence-electron chi connectivity index (χ1n) is 5.63. The maximum Gasteiger partial charge on any atom is 0.142 e. The van der Waals surface area contributed by atoms with Crippen molar-refractivity contribution >= 4 is 15.9 Å². The summed E-state index contributed by atoms with van der Waals surface area (Å²) in [7, 11) is 0. The zero-order valence-electron chi connectivity index (χ0n) is 9.84. The van der Waals surface area contributed by atoms with Crippen LogP contribution in [0, 0.1) is 17.5 Å². The molecule has 100 valence electrons. The molecule has 2 aromatic rings. The van der Waals surface area contributed by atoms with Gasteiger partial charge in [-0.3, -0.25) is 0 Å². The van der Waals surface area contributed by atoms with Crippen molar-refractivity contribution in [1.82, 2.24) is 0 Å². The van der Waals surface area contributed by atoms with Crippen LogP contribution in [0.2, 0.25) is 0 Å². The molecule has 0 radical (unpaired) electrons. The average molecular weight is 330 g/mol. The number of rotatable bonds is 3. The summed E-state index contributed by atoms with van der Waals surface area (Å²) in [6.07, 6.45) is -0.105. The fourth-order valence-corrected chi connectivity index (χ4v) is 2.25. The quantitative estimate of drug-likeness (QED) is 0.901. The van der Waals surface area contributed by atoms with Crippen LogP contribution in [-0.2, 0) is 6.42 Å². The van der Waals surface area contributed by atoms with Gasteiger partial charge in [0.2, 0.25) is 0 Å². The monoisotopic (exact) mass is 329 g/mol. The summed E-state index contributed by atoms with van der Waals surface area (Å²) in [5, 5.41) is 0. The molecule has 0 saturated heterocycles. The fraction of sp³-hybridized carbons (Fsp3) is 0.143. The Labute approximate surface area is 117 Å². The molecule has 0 bridgehead atoms. The summed E-state index contributed by atoms with van der Waals surface area (Å²) >= 11 is 3.05. The molecular formula is C14H11BrF3N. The van der Waals surface area contributed by atoms with Crippen molar-refractivity contribution in [2.75, 3.05) is 0 Å². The Morgan fingerprint density at radius 3 is 2.21 bits per heavy atom. The minimum absolute atomic E-state index is 0.105. The Hall–Kier alpha value is -1.33. The average Bonchev–Trinajstić information content (AvgIpc) is 2.37. The molecule has 1 unspecified atom stereocenters. The SMILES string of the molecule is NC(Cc1c(F)cccc1F)c1cccc(Br)c1F. The highest BCUT2D eigenvalue weighted by molar-refractivity contribution is 9.10. The highest BCUT2D eigenvalue weighted by Gasteiger charge is 2.18. The summed E-state index contributed by atoms with van der Waals surface area (Å²) in [5.74, 6) is -1.86. The van der Waals surface area contributed by atoms with Crippen LogP contribution in [-0.4, -0.2) is 0 Å². The third kappa shape index (κ3) is 2.98. The van der Waals surface area contributed by atoms with Crippen molar-refractivity contribution in [2.45, 2.75) is 12.5 Å². The van der Waals surface area contributed by atoms with Crippen LogP contribution in [0.25, 0.3) is 0 Å². The minimum atomic E-state index is -0.816. The van der Waals surface area contributed by atoms with Gasteiger partial charge in [0.25, 0.3) is 0 Å². The fourth-order valence-electron chi connectivity index (χ4n) is 1.86. The first kappa shape index (κ1) is 14.1. The molecular weight excluding hydrogens is 319 g/mol. The highest BCUT2D eigenvalue weighted by Crippen LogP contribution is 2.26. The lowest BCUT2D eigenvalue weighted by Crippen LogP contribution is -2.16. The number of hydrogen-bond acceptors (Lipinski definition) is 1. The number of hydrogen-bond donors (Lipinski definition) is 1. The Kier molecular flexibility index (Phi) is 4.27. The van der Waals surface area contributed by atoms with E-state index in [2.05, 4.69) is 15.9 Å². The molecule has 1 nitrogen and oxygen atoms in total. The summed E-state index contributed by atoms with van der Waals surface area (Å²) < 4.78 is 41.1. The van der Waals surface area contributed by atoms with Crippen molar-refractivity contribution in [3.8, 4) is 0 Å². The molecule has 0 aliphatic heterocycles. The van der Waals surface area contributed by atoms with Crippen molar-refractivity contribution < 1.29 is 13.2 Å². The minimum Gasteiger partial charge on any atom is -0.324 e. The van der Waals surface area contributed by atoms with Crippen LogP contribution in [0.3, 0.4) is 0 Å². The number of benzene rings is 2. The molecule has 0 saturated carbocycles. The molecule has 2 rings (SSSR count). The second kappa shape index (κ2) is 5.75. The smallest absolute Gasteiger partial charge is 0.142 e. The van der Waals surface area contributed by atoms with Crippen molar-refractivity contribution in [3.05, 3.63) is 69.4 Å². The van der Waals surface area contributed by atoms with Crippen LogP contribution in [0.4, 0.5) is 13.2 Å². The molecule has 0 aliphatic rings. The second-order valence-corrected chi connectivity index (χ2v) is 5.01. The third-order valence-corrected chi connectivity index (χ3v) is 3.48. The number of halogens is 4. The maximum absolute atomic E-state index is 13.8. The predicted octanol–water partition coefficient (Wildman–Crippen LogP) is 4.11. The van der Waals surface area contributed by atoms with E-state index >= 15 is 0 Å². The van der Waals surface area contributed by atoms with Gasteiger partial charge in [-0.25, -0.2) is 13.2 Å². The van der Waals surface area contributed by atoms with Gasteiger partial charge < -0.3 is 5.73 Å². The Morgan fingerprint density at radius 1 is 1.00 bits per heavy atom. The Balaban J connectivity index is 2.31. The molecule has 0 amide bonds. The van der Waals surface area contributed by atoms with E-state index in [0.717, 1.165) is 12.1 Å². The van der Waals surface area contributed by atoms with Gasteiger partial charge in [0.05, 0.1) is 4.47 Å².